The second-order valence-electron chi connectivity index (χ2n) is 6.46. The molecule has 1 amide bonds. The van der Waals surface area contributed by atoms with Gasteiger partial charge in [0.05, 0.1) is 25.6 Å². The molecule has 0 heterocycles. The molecule has 9 heteroatoms. The van der Waals surface area contributed by atoms with Crippen molar-refractivity contribution in [3.05, 3.63) is 53.1 Å². The fraction of sp³-hybridized carbons (Fsp3) is 0.350. The van der Waals surface area contributed by atoms with E-state index in [1.54, 1.807) is 12.1 Å². The smallest absolute Gasteiger partial charge is 0.243 e. The Morgan fingerprint density at radius 3 is 2.52 bits per heavy atom. The number of methoxy groups -OCH3 is 1. The average molecular weight is 441 g/mol. The summed E-state index contributed by atoms with van der Waals surface area (Å²) in [5.41, 5.74) is 1.19. The van der Waals surface area contributed by atoms with Crippen molar-refractivity contribution in [2.75, 3.05) is 30.8 Å². The number of sulfonamides is 1. The molecule has 0 aliphatic heterocycles. The Bertz CT molecular complexity index is 965. The van der Waals surface area contributed by atoms with Crippen LogP contribution in [0.25, 0.3) is 0 Å². The monoisotopic (exact) mass is 440 g/mol. The van der Waals surface area contributed by atoms with Gasteiger partial charge in [0.15, 0.2) is 0 Å². The second kappa shape index (κ2) is 9.84. The fourth-order valence-electron chi connectivity index (χ4n) is 2.82. The number of nitrogens with one attached hydrogen (secondary N) is 1. The molecular formula is C20H25ClN2O5S. The molecule has 0 aromatic heterocycles. The lowest BCUT2D eigenvalue weighted by molar-refractivity contribution is -0.121. The third-order valence-electron chi connectivity index (χ3n) is 4.22. The second-order valence-corrected chi connectivity index (χ2v) is 8.75. The molecule has 0 radical (unpaired) electrons. The zero-order valence-electron chi connectivity index (χ0n) is 16.8. The molecule has 2 aromatic carbocycles. The molecule has 0 saturated heterocycles. The average Bonchev–Trinajstić information content (AvgIpc) is 2.65. The Hall–Kier alpha value is -2.45. The fourth-order valence-corrected chi connectivity index (χ4v) is 4.15. The Kier molecular flexibility index (Phi) is 7.75. The number of rotatable bonds is 9. The Labute approximate surface area is 176 Å². The Morgan fingerprint density at radius 1 is 1.21 bits per heavy atom. The number of halogens is 1. The molecule has 158 valence electrons. The maximum atomic E-state index is 12.6. The van der Waals surface area contributed by atoms with Crippen molar-refractivity contribution >= 4 is 33.2 Å². The van der Waals surface area contributed by atoms with Crippen LogP contribution in [-0.4, -0.2) is 46.9 Å². The topological polar surface area (TPSA) is 84.9 Å². The maximum absolute atomic E-state index is 12.6. The van der Waals surface area contributed by atoms with E-state index in [0.29, 0.717) is 10.8 Å². The Morgan fingerprint density at radius 2 is 1.90 bits per heavy atom. The zero-order valence-corrected chi connectivity index (χ0v) is 18.4. The van der Waals surface area contributed by atoms with Crippen LogP contribution in [0.3, 0.4) is 0 Å². The predicted octanol–water partition coefficient (Wildman–Crippen LogP) is 3.01. The van der Waals surface area contributed by atoms with Gasteiger partial charge in [-0.2, -0.15) is 0 Å². The first-order valence-corrected chi connectivity index (χ1v) is 11.2. The predicted molar refractivity (Wildman–Crippen MR) is 114 cm³/mol. The number of aryl methyl sites for hydroxylation is 1. The van der Waals surface area contributed by atoms with Crippen molar-refractivity contribution in [1.29, 1.82) is 0 Å². The van der Waals surface area contributed by atoms with Crippen molar-refractivity contribution in [3.8, 4) is 11.5 Å². The van der Waals surface area contributed by atoms with Crippen molar-refractivity contribution in [1.82, 2.24) is 5.32 Å². The molecule has 0 aliphatic carbocycles. The van der Waals surface area contributed by atoms with Gasteiger partial charge in [-0.3, -0.25) is 9.10 Å². The highest BCUT2D eigenvalue weighted by Crippen LogP contribution is 2.34. The first-order valence-electron chi connectivity index (χ1n) is 8.94. The number of carbonyl (C=O) groups excluding carboxylic acids is 1. The summed E-state index contributed by atoms with van der Waals surface area (Å²) in [4.78, 5) is 12.6. The summed E-state index contributed by atoms with van der Waals surface area (Å²) in [6.45, 7) is 3.90. The molecule has 0 fully saturated rings. The van der Waals surface area contributed by atoms with Gasteiger partial charge in [0.2, 0.25) is 15.9 Å². The Balaban J connectivity index is 2.10. The van der Waals surface area contributed by atoms with Crippen LogP contribution in [0.2, 0.25) is 5.02 Å². The van der Waals surface area contributed by atoms with Gasteiger partial charge in [0, 0.05) is 5.02 Å². The van der Waals surface area contributed by atoms with Crippen LogP contribution < -0.4 is 19.1 Å². The highest BCUT2D eigenvalue weighted by atomic mass is 35.5. The van der Waals surface area contributed by atoms with E-state index in [0.717, 1.165) is 21.9 Å². The van der Waals surface area contributed by atoms with Gasteiger partial charge < -0.3 is 14.8 Å². The van der Waals surface area contributed by atoms with Crippen molar-refractivity contribution in [2.45, 2.75) is 19.9 Å². The van der Waals surface area contributed by atoms with Crippen molar-refractivity contribution in [2.24, 2.45) is 0 Å². The molecule has 0 spiro atoms. The summed E-state index contributed by atoms with van der Waals surface area (Å²) < 4.78 is 36.8. The molecule has 29 heavy (non-hydrogen) atoms. The maximum Gasteiger partial charge on any atom is 0.243 e. The first-order chi connectivity index (χ1) is 13.6. The quantitative estimate of drug-likeness (QED) is 0.606. The van der Waals surface area contributed by atoms with Crippen LogP contribution in [0.1, 0.15) is 12.5 Å². The molecule has 0 aliphatic rings. The lowest BCUT2D eigenvalue weighted by Crippen LogP contribution is -2.48. The van der Waals surface area contributed by atoms with E-state index < -0.39 is 22.0 Å². The van der Waals surface area contributed by atoms with Crippen LogP contribution in [0.15, 0.2) is 42.5 Å². The number of anilines is 1. The summed E-state index contributed by atoms with van der Waals surface area (Å²) in [6, 6.07) is 11.1. The van der Waals surface area contributed by atoms with Crippen LogP contribution in [0.5, 0.6) is 11.5 Å². The van der Waals surface area contributed by atoms with Crippen LogP contribution >= 0.6 is 11.6 Å². The van der Waals surface area contributed by atoms with E-state index in [9.17, 15) is 13.2 Å². The van der Waals surface area contributed by atoms with E-state index in [4.69, 9.17) is 21.1 Å². The van der Waals surface area contributed by atoms with Crippen LogP contribution in [0, 0.1) is 6.92 Å². The standard InChI is InChI=1S/C20H25ClN2O5S/c1-14-7-5-6-8-18(14)28-12-11-22-20(24)15(2)23(29(4,25)26)17-13-16(21)9-10-19(17)27-3/h5-10,13,15H,11-12H2,1-4H3,(H,22,24)/t15-/m0/s1. The first kappa shape index (κ1) is 22.8. The summed E-state index contributed by atoms with van der Waals surface area (Å²) >= 11 is 6.03. The third-order valence-corrected chi connectivity index (χ3v) is 5.68. The van der Waals surface area contributed by atoms with Crippen LogP contribution in [-0.2, 0) is 14.8 Å². The summed E-state index contributed by atoms with van der Waals surface area (Å²) in [6.07, 6.45) is 1.03. The molecule has 2 aromatic rings. The molecule has 1 atom stereocenters. The molecule has 0 unspecified atom stereocenters. The van der Waals surface area contributed by atoms with E-state index in [1.165, 1.54) is 20.1 Å². The normalized spacial score (nSPS) is 12.2. The highest BCUT2D eigenvalue weighted by Gasteiger charge is 2.31. The number of amides is 1. The number of benzene rings is 2. The van der Waals surface area contributed by atoms with E-state index in [1.807, 2.05) is 31.2 Å². The van der Waals surface area contributed by atoms with Crippen molar-refractivity contribution < 1.29 is 22.7 Å². The molecule has 0 bridgehead atoms. The third kappa shape index (κ3) is 6.01. The van der Waals surface area contributed by atoms with Gasteiger partial charge in [-0.25, -0.2) is 8.42 Å². The van der Waals surface area contributed by atoms with Gasteiger partial charge in [-0.1, -0.05) is 29.8 Å². The van der Waals surface area contributed by atoms with Gasteiger partial charge in [-0.15, -0.1) is 0 Å². The SMILES string of the molecule is COc1ccc(Cl)cc1N([C@@H](C)C(=O)NCCOc1ccccc1C)S(C)(=O)=O. The summed E-state index contributed by atoms with van der Waals surface area (Å²) in [5, 5.41) is 3.03. The van der Waals surface area contributed by atoms with E-state index >= 15 is 0 Å². The minimum atomic E-state index is -3.79. The largest absolute Gasteiger partial charge is 0.495 e. The minimum absolute atomic E-state index is 0.196. The van der Waals surface area contributed by atoms with Crippen LogP contribution in [0.4, 0.5) is 5.69 Å². The molecule has 2 rings (SSSR count). The van der Waals surface area contributed by atoms with Gasteiger partial charge in [0.25, 0.3) is 0 Å². The zero-order chi connectivity index (χ0) is 21.6. The summed E-state index contributed by atoms with van der Waals surface area (Å²) in [5.74, 6) is 0.560. The van der Waals surface area contributed by atoms with E-state index in [2.05, 4.69) is 5.32 Å². The summed E-state index contributed by atoms with van der Waals surface area (Å²) in [7, 11) is -2.37. The van der Waals surface area contributed by atoms with Gasteiger partial charge in [-0.05, 0) is 43.7 Å². The molecular weight excluding hydrogens is 416 g/mol. The van der Waals surface area contributed by atoms with Gasteiger partial charge >= 0.3 is 0 Å². The minimum Gasteiger partial charge on any atom is -0.495 e. The number of carbonyl (C=O) groups is 1. The lowest BCUT2D eigenvalue weighted by atomic mass is 10.2. The number of hydrogen-bond donors (Lipinski definition) is 1. The van der Waals surface area contributed by atoms with E-state index in [-0.39, 0.29) is 18.8 Å². The highest BCUT2D eigenvalue weighted by molar-refractivity contribution is 7.92. The molecule has 1 N–H and O–H groups in total. The lowest BCUT2D eigenvalue weighted by Gasteiger charge is -2.29. The number of hydrogen-bond acceptors (Lipinski definition) is 5. The molecule has 0 saturated carbocycles. The number of para-hydroxylation sites is 1. The number of ether oxygens (including phenoxy) is 2. The van der Waals surface area contributed by atoms with Gasteiger partial charge in [0.1, 0.15) is 24.1 Å². The number of nitrogens with zero attached hydrogens (tertiary/aromatic N) is 1. The molecule has 7 nitrogen and oxygen atoms in total. The van der Waals surface area contributed by atoms with Crippen molar-refractivity contribution in [3.63, 3.8) is 0 Å².